The van der Waals surface area contributed by atoms with E-state index in [1.54, 1.807) is 30.3 Å². The maximum atomic E-state index is 11.6. The summed E-state index contributed by atoms with van der Waals surface area (Å²) in [5.74, 6) is -0.389. The summed E-state index contributed by atoms with van der Waals surface area (Å²) in [7, 11) is 1.68. The molecule has 0 fully saturated rings. The van der Waals surface area contributed by atoms with E-state index in [2.05, 4.69) is 0 Å². The zero-order chi connectivity index (χ0) is 18.0. The summed E-state index contributed by atoms with van der Waals surface area (Å²) in [5.41, 5.74) is -0.00549. The number of likely N-dealkylation sites (N-methyl/N-ethyl adjacent to an activating group) is 1. The van der Waals surface area contributed by atoms with Crippen molar-refractivity contribution in [2.45, 2.75) is 6.92 Å². The number of allylic oxidation sites excluding steroid dienone is 4. The minimum Gasteiger partial charge on any atom is -0.462 e. The van der Waals surface area contributed by atoms with Crippen LogP contribution in [0.4, 0.5) is 0 Å². The molecule has 0 radical (unpaired) electrons. The summed E-state index contributed by atoms with van der Waals surface area (Å²) in [6.45, 7) is 3.98. The molecule has 0 aromatic heterocycles. The van der Waals surface area contributed by atoms with E-state index in [0.717, 1.165) is 0 Å². The van der Waals surface area contributed by atoms with E-state index < -0.39 is 0 Å². The number of esters is 1. The first-order valence-corrected chi connectivity index (χ1v) is 7.45. The van der Waals surface area contributed by atoms with Crippen LogP contribution in [-0.4, -0.2) is 57.5 Å². The summed E-state index contributed by atoms with van der Waals surface area (Å²) in [4.78, 5) is 13.1. The Balaban J connectivity index is 3.72. The molecule has 0 rings (SSSR count). The molecule has 0 saturated heterocycles. The maximum Gasteiger partial charge on any atom is 0.325 e. The van der Waals surface area contributed by atoms with E-state index in [0.29, 0.717) is 26.4 Å². The van der Waals surface area contributed by atoms with Gasteiger partial charge >= 0.3 is 5.97 Å². The highest BCUT2D eigenvalue weighted by molar-refractivity contribution is 5.71. The van der Waals surface area contributed by atoms with Gasteiger partial charge in [0, 0.05) is 7.05 Å². The lowest BCUT2D eigenvalue weighted by molar-refractivity contribution is -0.145. The number of nitriles is 2. The van der Waals surface area contributed by atoms with Crippen molar-refractivity contribution >= 4 is 5.97 Å². The van der Waals surface area contributed by atoms with Crippen LogP contribution in [0.2, 0.25) is 0 Å². The SMILES string of the molecule is C/C=C/COCCOCCOC(=O)CN(C)/C=C/C=C(C#N)C#N. The fourth-order valence-electron chi connectivity index (χ4n) is 1.37. The summed E-state index contributed by atoms with van der Waals surface area (Å²) in [5, 5.41) is 17.1. The van der Waals surface area contributed by atoms with E-state index in [-0.39, 0.29) is 24.7 Å². The van der Waals surface area contributed by atoms with Gasteiger partial charge in [-0.25, -0.2) is 0 Å². The van der Waals surface area contributed by atoms with E-state index in [1.165, 1.54) is 12.2 Å². The average Bonchev–Trinajstić information content (AvgIpc) is 2.57. The van der Waals surface area contributed by atoms with Crippen molar-refractivity contribution in [3.8, 4) is 12.1 Å². The summed E-state index contributed by atoms with van der Waals surface area (Å²) >= 11 is 0. The number of nitrogens with zero attached hydrogens (tertiary/aromatic N) is 3. The average molecular weight is 333 g/mol. The van der Waals surface area contributed by atoms with E-state index in [9.17, 15) is 4.79 Å². The second kappa shape index (κ2) is 15.3. The zero-order valence-electron chi connectivity index (χ0n) is 14.1. The predicted molar refractivity (Wildman–Crippen MR) is 88.5 cm³/mol. The second-order valence-corrected chi connectivity index (χ2v) is 4.54. The van der Waals surface area contributed by atoms with Crippen LogP contribution >= 0.6 is 0 Å². The van der Waals surface area contributed by atoms with Crippen LogP contribution in [-0.2, 0) is 19.0 Å². The Morgan fingerprint density at radius 3 is 2.46 bits per heavy atom. The standard InChI is InChI=1S/C17H23N3O4/c1-3-4-8-22-9-10-23-11-12-24-17(21)15-20(2)7-5-6-16(13-18)14-19/h3-7H,8-12,15H2,1-2H3/b4-3+,7-5+. The van der Waals surface area contributed by atoms with Crippen LogP contribution in [0.3, 0.4) is 0 Å². The molecule has 0 heterocycles. The van der Waals surface area contributed by atoms with Gasteiger partial charge in [0.1, 0.15) is 30.9 Å². The van der Waals surface area contributed by atoms with Crippen LogP contribution in [0.5, 0.6) is 0 Å². The van der Waals surface area contributed by atoms with Crippen LogP contribution in [0.1, 0.15) is 6.92 Å². The number of carbonyl (C=O) groups excluding carboxylic acids is 1. The van der Waals surface area contributed by atoms with Gasteiger partial charge in [0.15, 0.2) is 0 Å². The van der Waals surface area contributed by atoms with E-state index in [1.807, 2.05) is 19.1 Å². The van der Waals surface area contributed by atoms with Crippen LogP contribution in [0.25, 0.3) is 0 Å². The van der Waals surface area contributed by atoms with Crippen molar-refractivity contribution in [3.63, 3.8) is 0 Å². The molecule has 0 aromatic rings. The Morgan fingerprint density at radius 2 is 1.79 bits per heavy atom. The monoisotopic (exact) mass is 333 g/mol. The topological polar surface area (TPSA) is 95.6 Å². The van der Waals surface area contributed by atoms with Crippen molar-refractivity contribution in [2.24, 2.45) is 0 Å². The van der Waals surface area contributed by atoms with Gasteiger partial charge in [-0.1, -0.05) is 12.2 Å². The van der Waals surface area contributed by atoms with Crippen molar-refractivity contribution in [1.82, 2.24) is 4.90 Å². The van der Waals surface area contributed by atoms with Gasteiger partial charge in [0.05, 0.1) is 26.4 Å². The Morgan fingerprint density at radius 1 is 1.12 bits per heavy atom. The molecule has 24 heavy (non-hydrogen) atoms. The summed E-state index contributed by atoms with van der Waals surface area (Å²) < 4.78 is 15.5. The number of hydrogen-bond acceptors (Lipinski definition) is 7. The number of carbonyl (C=O) groups is 1. The fraction of sp³-hybridized carbons (Fsp3) is 0.471. The van der Waals surface area contributed by atoms with Crippen molar-refractivity contribution in [2.75, 3.05) is 46.6 Å². The van der Waals surface area contributed by atoms with Crippen LogP contribution in [0, 0.1) is 22.7 Å². The first kappa shape index (κ1) is 21.4. The van der Waals surface area contributed by atoms with Crippen molar-refractivity contribution in [3.05, 3.63) is 36.1 Å². The molecule has 0 spiro atoms. The molecule has 0 aromatic carbocycles. The highest BCUT2D eigenvalue weighted by Crippen LogP contribution is 1.93. The smallest absolute Gasteiger partial charge is 0.325 e. The molecule has 0 aliphatic carbocycles. The van der Waals surface area contributed by atoms with Gasteiger partial charge < -0.3 is 19.1 Å². The zero-order valence-corrected chi connectivity index (χ0v) is 14.1. The lowest BCUT2D eigenvalue weighted by Gasteiger charge is -2.12. The van der Waals surface area contributed by atoms with Gasteiger partial charge in [-0.15, -0.1) is 0 Å². The number of ether oxygens (including phenoxy) is 3. The third-order valence-electron chi connectivity index (χ3n) is 2.54. The minimum atomic E-state index is -0.389. The summed E-state index contributed by atoms with van der Waals surface area (Å²) in [6.07, 6.45) is 8.28. The lowest BCUT2D eigenvalue weighted by atomic mass is 10.3. The van der Waals surface area contributed by atoms with E-state index in [4.69, 9.17) is 24.7 Å². The molecule has 0 saturated carbocycles. The lowest BCUT2D eigenvalue weighted by Crippen LogP contribution is -2.24. The molecule has 7 heteroatoms. The van der Waals surface area contributed by atoms with Gasteiger partial charge in [0.25, 0.3) is 0 Å². The molecule has 0 aliphatic rings. The Bertz CT molecular complexity index is 511. The summed E-state index contributed by atoms with van der Waals surface area (Å²) in [6, 6.07) is 3.47. The highest BCUT2D eigenvalue weighted by Gasteiger charge is 2.04. The van der Waals surface area contributed by atoms with Gasteiger partial charge in [-0.2, -0.15) is 10.5 Å². The molecular formula is C17H23N3O4. The van der Waals surface area contributed by atoms with Gasteiger partial charge in [-0.3, -0.25) is 4.79 Å². The maximum absolute atomic E-state index is 11.6. The predicted octanol–water partition coefficient (Wildman–Crippen LogP) is 1.56. The molecule has 0 atom stereocenters. The largest absolute Gasteiger partial charge is 0.462 e. The third-order valence-corrected chi connectivity index (χ3v) is 2.54. The normalized spacial score (nSPS) is 10.3. The number of rotatable bonds is 12. The molecule has 0 unspecified atom stereocenters. The minimum absolute atomic E-state index is 0.00549. The van der Waals surface area contributed by atoms with E-state index >= 15 is 0 Å². The first-order chi connectivity index (χ1) is 11.6. The molecule has 0 N–H and O–H groups in total. The molecule has 0 bridgehead atoms. The van der Waals surface area contributed by atoms with Crippen molar-refractivity contribution < 1.29 is 19.0 Å². The highest BCUT2D eigenvalue weighted by atomic mass is 16.6. The van der Waals surface area contributed by atoms with Gasteiger partial charge in [-0.05, 0) is 25.3 Å². The second-order valence-electron chi connectivity index (χ2n) is 4.54. The molecule has 0 aliphatic heterocycles. The van der Waals surface area contributed by atoms with Crippen LogP contribution in [0.15, 0.2) is 36.1 Å². The Hall–Kier alpha value is -2.61. The first-order valence-electron chi connectivity index (χ1n) is 7.45. The Kier molecular flexibility index (Phi) is 13.6. The molecule has 130 valence electrons. The molecule has 7 nitrogen and oxygen atoms in total. The molecule has 0 amide bonds. The van der Waals surface area contributed by atoms with Crippen LogP contribution < -0.4 is 0 Å². The Labute approximate surface area is 143 Å². The fourth-order valence-corrected chi connectivity index (χ4v) is 1.37. The number of hydrogen-bond donors (Lipinski definition) is 0. The van der Waals surface area contributed by atoms with Gasteiger partial charge in [0.2, 0.25) is 0 Å². The van der Waals surface area contributed by atoms with Crippen molar-refractivity contribution in [1.29, 1.82) is 10.5 Å². The molecular weight excluding hydrogens is 310 g/mol. The quantitative estimate of drug-likeness (QED) is 0.176. The third kappa shape index (κ3) is 13.1.